The first-order chi connectivity index (χ1) is 9.53. The zero-order valence-electron chi connectivity index (χ0n) is 12.8. The molecule has 1 aliphatic rings. The smallest absolute Gasteiger partial charge is 0.240 e. The van der Waals surface area contributed by atoms with Crippen LogP contribution < -0.4 is 11.1 Å². The second-order valence-corrected chi connectivity index (χ2v) is 5.57. The molecule has 1 fully saturated rings. The van der Waals surface area contributed by atoms with E-state index in [9.17, 15) is 4.79 Å². The molecule has 1 saturated carbocycles. The average Bonchev–Trinajstić information content (AvgIpc) is 3.20. The Balaban J connectivity index is 2.35. The van der Waals surface area contributed by atoms with Crippen molar-refractivity contribution >= 4 is 5.91 Å². The molecule has 0 aliphatic heterocycles. The molecule has 0 radical (unpaired) electrons. The van der Waals surface area contributed by atoms with Crippen molar-refractivity contribution in [3.63, 3.8) is 0 Å². The van der Waals surface area contributed by atoms with Gasteiger partial charge in [0.25, 0.3) is 0 Å². The average molecular weight is 288 g/mol. The van der Waals surface area contributed by atoms with Gasteiger partial charge in [0.1, 0.15) is 5.54 Å². The molecule has 0 bridgehead atoms. The Morgan fingerprint density at radius 3 is 2.35 bits per heavy atom. The van der Waals surface area contributed by atoms with Crippen LogP contribution in [-0.2, 0) is 19.0 Å². The normalized spacial score (nSPS) is 18.2. The number of rotatable bonds is 12. The summed E-state index contributed by atoms with van der Waals surface area (Å²) in [6.07, 6.45) is 2.05. The first kappa shape index (κ1) is 17.4. The fraction of sp³-hybridized carbons (Fsp3) is 0.929. The Bertz CT molecular complexity index is 295. The molecule has 1 unspecified atom stereocenters. The molecule has 1 rings (SSSR count). The van der Waals surface area contributed by atoms with Crippen molar-refractivity contribution in [2.45, 2.75) is 38.3 Å². The Hall–Kier alpha value is -0.690. The van der Waals surface area contributed by atoms with Crippen molar-refractivity contribution in [2.24, 2.45) is 11.7 Å². The van der Waals surface area contributed by atoms with E-state index >= 15 is 0 Å². The minimum Gasteiger partial charge on any atom is -0.382 e. The summed E-state index contributed by atoms with van der Waals surface area (Å²) in [6.45, 7) is 6.38. The third-order valence-corrected chi connectivity index (χ3v) is 3.39. The van der Waals surface area contributed by atoms with Crippen LogP contribution in [0.3, 0.4) is 0 Å². The number of carbonyl (C=O) groups is 1. The molecule has 0 aromatic heterocycles. The maximum atomic E-state index is 11.9. The van der Waals surface area contributed by atoms with Crippen molar-refractivity contribution < 1.29 is 19.0 Å². The van der Waals surface area contributed by atoms with Crippen molar-refractivity contribution in [2.75, 3.05) is 40.1 Å². The van der Waals surface area contributed by atoms with Crippen LogP contribution in [0.4, 0.5) is 0 Å². The highest BCUT2D eigenvalue weighted by atomic mass is 16.5. The Labute approximate surface area is 121 Å². The highest BCUT2D eigenvalue weighted by Crippen LogP contribution is 2.40. The molecule has 118 valence electrons. The lowest BCUT2D eigenvalue weighted by molar-refractivity contribution is -0.129. The second kappa shape index (κ2) is 8.56. The van der Waals surface area contributed by atoms with Crippen molar-refractivity contribution in [3.8, 4) is 0 Å². The quantitative estimate of drug-likeness (QED) is 0.505. The van der Waals surface area contributed by atoms with Crippen LogP contribution in [-0.4, -0.2) is 57.6 Å². The lowest BCUT2D eigenvalue weighted by atomic mass is 9.92. The molecule has 3 N–H and O–H groups in total. The van der Waals surface area contributed by atoms with E-state index in [4.69, 9.17) is 19.9 Å². The number of nitrogens with two attached hydrogens (primary N) is 1. The molecule has 1 aliphatic carbocycles. The van der Waals surface area contributed by atoms with Crippen LogP contribution in [0.2, 0.25) is 0 Å². The minimum absolute atomic E-state index is 0.185. The fourth-order valence-corrected chi connectivity index (χ4v) is 2.31. The summed E-state index contributed by atoms with van der Waals surface area (Å²) in [5.74, 6) is -0.0363. The molecule has 0 aromatic carbocycles. The van der Waals surface area contributed by atoms with Crippen LogP contribution in [0.15, 0.2) is 0 Å². The summed E-state index contributed by atoms with van der Waals surface area (Å²) in [5, 5.41) is 3.31. The molecular weight excluding hydrogens is 260 g/mol. The van der Waals surface area contributed by atoms with Gasteiger partial charge >= 0.3 is 0 Å². The van der Waals surface area contributed by atoms with Crippen LogP contribution in [0.1, 0.15) is 26.7 Å². The number of hydrogen-bond acceptors (Lipinski definition) is 5. The van der Waals surface area contributed by atoms with Gasteiger partial charge < -0.3 is 19.9 Å². The lowest BCUT2D eigenvalue weighted by Gasteiger charge is -2.33. The Kier molecular flexibility index (Phi) is 7.43. The van der Waals surface area contributed by atoms with Gasteiger partial charge in [0, 0.05) is 13.2 Å². The lowest BCUT2D eigenvalue weighted by Crippen LogP contribution is -2.62. The second-order valence-electron chi connectivity index (χ2n) is 5.57. The van der Waals surface area contributed by atoms with E-state index in [1.54, 1.807) is 7.11 Å². The van der Waals surface area contributed by atoms with Gasteiger partial charge in [0.15, 0.2) is 0 Å². The van der Waals surface area contributed by atoms with Gasteiger partial charge in [0.2, 0.25) is 5.91 Å². The minimum atomic E-state index is -0.735. The predicted octanol–water partition coefficient (Wildman–Crippen LogP) is 0.298. The molecule has 0 aromatic rings. The van der Waals surface area contributed by atoms with Crippen molar-refractivity contribution in [1.82, 2.24) is 5.32 Å². The molecule has 1 amide bonds. The zero-order valence-corrected chi connectivity index (χ0v) is 12.8. The maximum Gasteiger partial charge on any atom is 0.240 e. The molecule has 1 atom stereocenters. The van der Waals surface area contributed by atoms with Crippen LogP contribution in [0, 0.1) is 5.92 Å². The maximum absolute atomic E-state index is 11.9. The predicted molar refractivity (Wildman–Crippen MR) is 76.4 cm³/mol. The van der Waals surface area contributed by atoms with Gasteiger partial charge in [-0.15, -0.1) is 0 Å². The van der Waals surface area contributed by atoms with E-state index in [1.165, 1.54) is 0 Å². The zero-order chi connectivity index (χ0) is 15.0. The third kappa shape index (κ3) is 5.36. The van der Waals surface area contributed by atoms with Crippen LogP contribution >= 0.6 is 0 Å². The molecule has 6 nitrogen and oxygen atoms in total. The molecule has 0 spiro atoms. The Morgan fingerprint density at radius 1 is 1.25 bits per heavy atom. The number of hydrogen-bond donors (Lipinski definition) is 2. The van der Waals surface area contributed by atoms with E-state index < -0.39 is 5.54 Å². The molecular formula is C14H28N2O4. The number of nitrogens with one attached hydrogen (secondary N) is 1. The van der Waals surface area contributed by atoms with E-state index in [1.807, 2.05) is 13.8 Å². The summed E-state index contributed by atoms with van der Waals surface area (Å²) in [7, 11) is 1.63. The first-order valence-corrected chi connectivity index (χ1v) is 7.25. The van der Waals surface area contributed by atoms with Gasteiger partial charge in [-0.3, -0.25) is 10.1 Å². The van der Waals surface area contributed by atoms with Crippen molar-refractivity contribution in [3.05, 3.63) is 0 Å². The topological polar surface area (TPSA) is 82.8 Å². The largest absolute Gasteiger partial charge is 0.382 e. The van der Waals surface area contributed by atoms with E-state index in [-0.39, 0.29) is 17.9 Å². The number of amides is 1. The summed E-state index contributed by atoms with van der Waals surface area (Å²) >= 11 is 0. The summed E-state index contributed by atoms with van der Waals surface area (Å²) in [5.41, 5.74) is 4.88. The number of methoxy groups -OCH3 is 1. The molecule has 6 heteroatoms. The monoisotopic (exact) mass is 288 g/mol. The van der Waals surface area contributed by atoms with E-state index in [0.717, 1.165) is 12.8 Å². The van der Waals surface area contributed by atoms with E-state index in [2.05, 4.69) is 5.32 Å². The molecule has 20 heavy (non-hydrogen) atoms. The van der Waals surface area contributed by atoms with Gasteiger partial charge in [-0.1, -0.05) is 0 Å². The molecule has 0 saturated heterocycles. The number of ether oxygens (including phenoxy) is 3. The number of primary amides is 1. The van der Waals surface area contributed by atoms with Gasteiger partial charge in [0.05, 0.1) is 33.0 Å². The van der Waals surface area contributed by atoms with Gasteiger partial charge in [-0.05, 0) is 32.6 Å². The van der Waals surface area contributed by atoms with Crippen LogP contribution in [0.5, 0.6) is 0 Å². The summed E-state index contributed by atoms with van der Waals surface area (Å²) in [4.78, 5) is 11.9. The third-order valence-electron chi connectivity index (χ3n) is 3.39. The van der Waals surface area contributed by atoms with Gasteiger partial charge in [-0.25, -0.2) is 0 Å². The van der Waals surface area contributed by atoms with Crippen LogP contribution in [0.25, 0.3) is 0 Å². The summed E-state index contributed by atoms with van der Waals surface area (Å²) < 4.78 is 15.8. The SMILES string of the molecule is COCCOCCOCC(NC(C)C)(C(N)=O)C1CC1. The fourth-order valence-electron chi connectivity index (χ4n) is 2.31. The highest BCUT2D eigenvalue weighted by Gasteiger charge is 2.50. The molecule has 0 heterocycles. The first-order valence-electron chi connectivity index (χ1n) is 7.25. The van der Waals surface area contributed by atoms with Crippen molar-refractivity contribution in [1.29, 1.82) is 0 Å². The standard InChI is InChI=1S/C14H28N2O4/c1-11(2)16-14(13(15)17,12-4-5-12)10-20-9-8-19-7-6-18-3/h11-12,16H,4-10H2,1-3H3,(H2,15,17). The van der Waals surface area contributed by atoms with Gasteiger partial charge in [-0.2, -0.15) is 0 Å². The number of carbonyl (C=O) groups excluding carboxylic acids is 1. The Morgan fingerprint density at radius 2 is 1.85 bits per heavy atom. The van der Waals surface area contributed by atoms with E-state index in [0.29, 0.717) is 33.0 Å². The highest BCUT2D eigenvalue weighted by molar-refractivity contribution is 5.85. The summed E-state index contributed by atoms with van der Waals surface area (Å²) in [6, 6.07) is 0.185.